The van der Waals surface area contributed by atoms with Gasteiger partial charge < -0.3 is 4.74 Å². The first-order valence-corrected chi connectivity index (χ1v) is 7.73. The molecule has 5 heteroatoms. The van der Waals surface area contributed by atoms with E-state index in [-0.39, 0.29) is 11.5 Å². The molecule has 0 N–H and O–H groups in total. The summed E-state index contributed by atoms with van der Waals surface area (Å²) in [6.07, 6.45) is 1.52. The molecule has 0 fully saturated rings. The van der Waals surface area contributed by atoms with Gasteiger partial charge in [-0.2, -0.15) is 0 Å². The first kappa shape index (κ1) is 16.6. The maximum Gasteiger partial charge on any atom is 0.298 e. The van der Waals surface area contributed by atoms with E-state index in [2.05, 4.69) is 0 Å². The second-order valence-electron chi connectivity index (χ2n) is 5.62. The van der Waals surface area contributed by atoms with Gasteiger partial charge in [-0.15, -0.1) is 0 Å². The molecule has 0 aliphatic rings. The van der Waals surface area contributed by atoms with Gasteiger partial charge in [-0.25, -0.2) is 4.39 Å². The largest absolute Gasteiger partial charge is 0.451 e. The number of benzene rings is 2. The van der Waals surface area contributed by atoms with E-state index in [4.69, 9.17) is 4.74 Å². The molecular weight excluding hydrogens is 321 g/mol. The van der Waals surface area contributed by atoms with Crippen LogP contribution in [0, 0.1) is 12.7 Å². The Kier molecular flexibility index (Phi) is 4.48. The summed E-state index contributed by atoms with van der Waals surface area (Å²) in [5.74, 6) is -0.209. The quantitative estimate of drug-likeness (QED) is 0.668. The van der Waals surface area contributed by atoms with Gasteiger partial charge in [0.2, 0.25) is 0 Å². The number of para-hydroxylation sites is 1. The van der Waals surface area contributed by atoms with Gasteiger partial charge in [0.15, 0.2) is 11.5 Å². The first-order chi connectivity index (χ1) is 12.0. The molecule has 4 nitrogen and oxygen atoms in total. The number of carbonyl (C=O) groups excluding carboxylic acids is 1. The standard InChI is InChI=1S/C20H16FNO3/c1-13-18(14(2)23)12-22(16-6-4-3-5-7-16)20(24)19(13)25-17-10-8-15(21)9-11-17/h3-12H,1-2H3. The third kappa shape index (κ3) is 3.35. The Morgan fingerprint density at radius 2 is 1.68 bits per heavy atom. The van der Waals surface area contributed by atoms with Gasteiger partial charge in [-0.1, -0.05) is 18.2 Å². The number of halogens is 1. The van der Waals surface area contributed by atoms with Gasteiger partial charge in [0.25, 0.3) is 5.56 Å². The van der Waals surface area contributed by atoms with E-state index in [1.165, 1.54) is 42.0 Å². The fourth-order valence-electron chi connectivity index (χ4n) is 2.55. The summed E-state index contributed by atoms with van der Waals surface area (Å²) in [4.78, 5) is 24.9. The van der Waals surface area contributed by atoms with Crippen LogP contribution in [0.25, 0.3) is 5.69 Å². The Balaban J connectivity index is 2.19. The molecule has 3 aromatic rings. The summed E-state index contributed by atoms with van der Waals surface area (Å²) in [6, 6.07) is 14.3. The minimum Gasteiger partial charge on any atom is -0.451 e. The van der Waals surface area contributed by atoms with E-state index < -0.39 is 11.4 Å². The van der Waals surface area contributed by atoms with Crippen LogP contribution >= 0.6 is 0 Å². The SMILES string of the molecule is CC(=O)c1cn(-c2ccccc2)c(=O)c(Oc2ccc(F)cc2)c1C. The highest BCUT2D eigenvalue weighted by atomic mass is 19.1. The normalized spacial score (nSPS) is 10.5. The Labute approximate surface area is 144 Å². The molecule has 0 amide bonds. The van der Waals surface area contributed by atoms with E-state index in [9.17, 15) is 14.0 Å². The van der Waals surface area contributed by atoms with Crippen molar-refractivity contribution in [2.45, 2.75) is 13.8 Å². The molecule has 0 aliphatic heterocycles. The summed E-state index contributed by atoms with van der Waals surface area (Å²) in [5, 5.41) is 0. The lowest BCUT2D eigenvalue weighted by molar-refractivity contribution is 0.101. The Morgan fingerprint density at radius 3 is 2.28 bits per heavy atom. The van der Waals surface area contributed by atoms with Crippen molar-refractivity contribution in [2.75, 3.05) is 0 Å². The number of nitrogens with zero attached hydrogens (tertiary/aromatic N) is 1. The molecule has 1 heterocycles. The summed E-state index contributed by atoms with van der Waals surface area (Å²) in [5.41, 5.74) is 1.08. The number of ether oxygens (including phenoxy) is 1. The van der Waals surface area contributed by atoms with Crippen LogP contribution in [0.1, 0.15) is 22.8 Å². The van der Waals surface area contributed by atoms with Gasteiger partial charge in [0.05, 0.1) is 0 Å². The lowest BCUT2D eigenvalue weighted by Gasteiger charge is -2.15. The van der Waals surface area contributed by atoms with Gasteiger partial charge in [-0.3, -0.25) is 14.2 Å². The molecule has 1 aromatic heterocycles. The van der Waals surface area contributed by atoms with Crippen molar-refractivity contribution in [2.24, 2.45) is 0 Å². The lowest BCUT2D eigenvalue weighted by Crippen LogP contribution is -2.22. The number of rotatable bonds is 4. The highest BCUT2D eigenvalue weighted by molar-refractivity contribution is 5.95. The number of hydrogen-bond donors (Lipinski definition) is 0. The van der Waals surface area contributed by atoms with E-state index in [1.807, 2.05) is 6.07 Å². The molecule has 0 saturated carbocycles. The maximum atomic E-state index is 13.1. The number of Topliss-reactive ketones (excluding diaryl/α,β-unsaturated/α-hetero) is 1. The average molecular weight is 337 g/mol. The predicted octanol–water partition coefficient (Wildman–Crippen LogP) is 4.28. The molecule has 0 bridgehead atoms. The highest BCUT2D eigenvalue weighted by Gasteiger charge is 2.18. The van der Waals surface area contributed by atoms with Crippen LogP contribution in [0.2, 0.25) is 0 Å². The monoisotopic (exact) mass is 337 g/mol. The average Bonchev–Trinajstić information content (AvgIpc) is 2.61. The van der Waals surface area contributed by atoms with Crippen LogP contribution in [-0.2, 0) is 0 Å². The van der Waals surface area contributed by atoms with E-state index >= 15 is 0 Å². The smallest absolute Gasteiger partial charge is 0.298 e. The third-order valence-corrected chi connectivity index (χ3v) is 3.86. The lowest BCUT2D eigenvalue weighted by atomic mass is 10.1. The molecule has 25 heavy (non-hydrogen) atoms. The van der Waals surface area contributed by atoms with Gasteiger partial charge in [0, 0.05) is 23.0 Å². The van der Waals surface area contributed by atoms with Crippen molar-refractivity contribution in [3.05, 3.63) is 88.1 Å². The van der Waals surface area contributed by atoms with Crippen molar-refractivity contribution >= 4 is 5.78 Å². The Morgan fingerprint density at radius 1 is 1.04 bits per heavy atom. The number of pyridine rings is 1. The van der Waals surface area contributed by atoms with Crippen LogP contribution in [-0.4, -0.2) is 10.4 Å². The van der Waals surface area contributed by atoms with Crippen LogP contribution in [0.5, 0.6) is 11.5 Å². The molecule has 0 radical (unpaired) electrons. The Bertz CT molecular complexity index is 976. The van der Waals surface area contributed by atoms with Crippen LogP contribution < -0.4 is 10.3 Å². The number of hydrogen-bond acceptors (Lipinski definition) is 3. The third-order valence-electron chi connectivity index (χ3n) is 3.86. The molecule has 126 valence electrons. The minimum absolute atomic E-state index is 0.0446. The van der Waals surface area contributed by atoms with E-state index in [0.29, 0.717) is 22.6 Å². The van der Waals surface area contributed by atoms with Crippen LogP contribution in [0.15, 0.2) is 65.6 Å². The van der Waals surface area contributed by atoms with E-state index in [0.717, 1.165) is 0 Å². The van der Waals surface area contributed by atoms with Gasteiger partial charge in [0.1, 0.15) is 11.6 Å². The molecule has 2 aromatic carbocycles. The van der Waals surface area contributed by atoms with Crippen molar-refractivity contribution < 1.29 is 13.9 Å². The number of aromatic nitrogens is 1. The summed E-state index contributed by atoms with van der Waals surface area (Å²) in [6.45, 7) is 3.09. The second kappa shape index (κ2) is 6.73. The fourth-order valence-corrected chi connectivity index (χ4v) is 2.55. The zero-order chi connectivity index (χ0) is 18.0. The predicted molar refractivity (Wildman–Crippen MR) is 93.3 cm³/mol. The van der Waals surface area contributed by atoms with Crippen molar-refractivity contribution in [1.82, 2.24) is 4.57 Å². The zero-order valence-corrected chi connectivity index (χ0v) is 13.8. The topological polar surface area (TPSA) is 48.3 Å². The van der Waals surface area contributed by atoms with Crippen molar-refractivity contribution in [1.29, 1.82) is 0 Å². The molecule has 3 rings (SSSR count). The fraction of sp³-hybridized carbons (Fsp3) is 0.100. The van der Waals surface area contributed by atoms with Crippen LogP contribution in [0.3, 0.4) is 0 Å². The molecule has 0 unspecified atom stereocenters. The Hall–Kier alpha value is -3.21. The first-order valence-electron chi connectivity index (χ1n) is 7.73. The van der Waals surface area contributed by atoms with E-state index in [1.54, 1.807) is 31.2 Å². The molecule has 0 spiro atoms. The summed E-state index contributed by atoms with van der Waals surface area (Å²) in [7, 11) is 0. The van der Waals surface area contributed by atoms with Crippen LogP contribution in [0.4, 0.5) is 4.39 Å². The zero-order valence-electron chi connectivity index (χ0n) is 13.8. The van der Waals surface area contributed by atoms with Crippen molar-refractivity contribution in [3.8, 4) is 17.2 Å². The molecule has 0 saturated heterocycles. The summed E-state index contributed by atoms with van der Waals surface area (Å²) >= 11 is 0. The van der Waals surface area contributed by atoms with Gasteiger partial charge in [-0.05, 0) is 50.2 Å². The molecular formula is C20H16FNO3. The number of ketones is 1. The maximum absolute atomic E-state index is 13.1. The minimum atomic E-state index is -0.400. The highest BCUT2D eigenvalue weighted by Crippen LogP contribution is 2.25. The summed E-state index contributed by atoms with van der Waals surface area (Å²) < 4.78 is 20.1. The van der Waals surface area contributed by atoms with Gasteiger partial charge >= 0.3 is 0 Å². The van der Waals surface area contributed by atoms with Crippen molar-refractivity contribution in [3.63, 3.8) is 0 Å². The molecule has 0 atom stereocenters. The second-order valence-corrected chi connectivity index (χ2v) is 5.62. The molecule has 0 aliphatic carbocycles. The number of carbonyl (C=O) groups is 1.